The van der Waals surface area contributed by atoms with Gasteiger partial charge in [-0.15, -0.1) is 0 Å². The van der Waals surface area contributed by atoms with Gasteiger partial charge in [0.2, 0.25) is 0 Å². The summed E-state index contributed by atoms with van der Waals surface area (Å²) in [6, 6.07) is 5.84. The van der Waals surface area contributed by atoms with Gasteiger partial charge in [-0.2, -0.15) is 0 Å². The van der Waals surface area contributed by atoms with E-state index in [0.29, 0.717) is 5.92 Å². The maximum Gasteiger partial charge on any atom is 0.126 e. The molecule has 1 unspecified atom stereocenters. The average Bonchev–Trinajstić information content (AvgIpc) is 2.47. The number of rotatable bonds is 10. The molecule has 0 aliphatic rings. The standard InChI is InChI=1S/C19H30O2/c1-6-17-14-18(20-5)10-11-19(17)21-13-12-16(4)9-7-8-15(2)3/h6,10-11,14-16H,1,7-9,12-13H2,2-5H3. The van der Waals surface area contributed by atoms with Gasteiger partial charge in [-0.3, -0.25) is 0 Å². The summed E-state index contributed by atoms with van der Waals surface area (Å²) in [6.45, 7) is 11.5. The summed E-state index contributed by atoms with van der Waals surface area (Å²) in [7, 11) is 1.67. The van der Waals surface area contributed by atoms with Crippen LogP contribution in [0.2, 0.25) is 0 Å². The summed E-state index contributed by atoms with van der Waals surface area (Å²) in [5.74, 6) is 3.25. The van der Waals surface area contributed by atoms with Gasteiger partial charge in [-0.05, 0) is 36.5 Å². The fourth-order valence-electron chi connectivity index (χ4n) is 2.33. The van der Waals surface area contributed by atoms with Gasteiger partial charge in [-0.1, -0.05) is 52.7 Å². The zero-order chi connectivity index (χ0) is 15.7. The fourth-order valence-corrected chi connectivity index (χ4v) is 2.33. The maximum atomic E-state index is 5.90. The summed E-state index contributed by atoms with van der Waals surface area (Å²) in [4.78, 5) is 0. The molecule has 0 aliphatic heterocycles. The molecule has 1 atom stereocenters. The van der Waals surface area contributed by atoms with Gasteiger partial charge in [0.1, 0.15) is 11.5 Å². The maximum absolute atomic E-state index is 5.90. The number of methoxy groups -OCH3 is 1. The highest BCUT2D eigenvalue weighted by Gasteiger charge is 2.06. The van der Waals surface area contributed by atoms with Crippen LogP contribution in [0.3, 0.4) is 0 Å². The molecule has 0 fully saturated rings. The van der Waals surface area contributed by atoms with Crippen LogP contribution in [0.5, 0.6) is 11.5 Å². The molecule has 2 heteroatoms. The Hall–Kier alpha value is -1.44. The van der Waals surface area contributed by atoms with Crippen LogP contribution < -0.4 is 9.47 Å². The molecule has 0 spiro atoms. The Morgan fingerprint density at radius 3 is 2.52 bits per heavy atom. The van der Waals surface area contributed by atoms with Crippen LogP contribution in [-0.2, 0) is 0 Å². The molecule has 1 aromatic rings. The van der Waals surface area contributed by atoms with E-state index in [9.17, 15) is 0 Å². The first-order chi connectivity index (χ1) is 10.1. The Kier molecular flexibility index (Phi) is 7.96. The van der Waals surface area contributed by atoms with Gasteiger partial charge < -0.3 is 9.47 Å². The van der Waals surface area contributed by atoms with Gasteiger partial charge in [0.25, 0.3) is 0 Å². The third kappa shape index (κ3) is 6.70. The van der Waals surface area contributed by atoms with E-state index < -0.39 is 0 Å². The van der Waals surface area contributed by atoms with E-state index in [2.05, 4.69) is 27.4 Å². The highest BCUT2D eigenvalue weighted by Crippen LogP contribution is 2.25. The van der Waals surface area contributed by atoms with Crippen molar-refractivity contribution in [1.82, 2.24) is 0 Å². The molecule has 0 radical (unpaired) electrons. The van der Waals surface area contributed by atoms with E-state index in [-0.39, 0.29) is 0 Å². The molecule has 118 valence electrons. The topological polar surface area (TPSA) is 18.5 Å². The molecule has 0 aliphatic carbocycles. The van der Waals surface area contributed by atoms with Crippen LogP contribution in [0.15, 0.2) is 24.8 Å². The molecule has 1 aromatic carbocycles. The Balaban J connectivity index is 2.36. The van der Waals surface area contributed by atoms with Gasteiger partial charge >= 0.3 is 0 Å². The second-order valence-corrected chi connectivity index (χ2v) is 6.17. The van der Waals surface area contributed by atoms with Crippen LogP contribution in [0.1, 0.15) is 52.0 Å². The SMILES string of the molecule is C=Cc1cc(OC)ccc1OCCC(C)CCCC(C)C. The van der Waals surface area contributed by atoms with Crippen LogP contribution >= 0.6 is 0 Å². The highest BCUT2D eigenvalue weighted by atomic mass is 16.5. The first kappa shape index (κ1) is 17.6. The second kappa shape index (κ2) is 9.49. The molecule has 21 heavy (non-hydrogen) atoms. The van der Waals surface area contributed by atoms with Gasteiger partial charge in [0.05, 0.1) is 13.7 Å². The van der Waals surface area contributed by atoms with Gasteiger partial charge in [-0.25, -0.2) is 0 Å². The second-order valence-electron chi connectivity index (χ2n) is 6.17. The molecule has 0 saturated carbocycles. The van der Waals surface area contributed by atoms with E-state index in [1.165, 1.54) is 19.3 Å². The van der Waals surface area contributed by atoms with E-state index in [4.69, 9.17) is 9.47 Å². The molecule has 0 heterocycles. The summed E-state index contributed by atoms with van der Waals surface area (Å²) >= 11 is 0. The minimum absolute atomic E-state index is 0.717. The predicted molar refractivity (Wildman–Crippen MR) is 91.1 cm³/mol. The highest BCUT2D eigenvalue weighted by molar-refractivity contribution is 5.58. The quantitative estimate of drug-likeness (QED) is 0.561. The largest absolute Gasteiger partial charge is 0.497 e. The lowest BCUT2D eigenvalue weighted by Crippen LogP contribution is -2.05. The van der Waals surface area contributed by atoms with Crippen molar-refractivity contribution in [2.45, 2.75) is 46.5 Å². The number of ether oxygens (including phenoxy) is 2. The molecular weight excluding hydrogens is 260 g/mol. The van der Waals surface area contributed by atoms with Gasteiger partial charge in [0.15, 0.2) is 0 Å². The summed E-state index contributed by atoms with van der Waals surface area (Å²) in [6.07, 6.45) is 6.84. The van der Waals surface area contributed by atoms with Crippen molar-refractivity contribution in [1.29, 1.82) is 0 Å². The first-order valence-corrected chi connectivity index (χ1v) is 8.00. The minimum Gasteiger partial charge on any atom is -0.497 e. The van der Waals surface area contributed by atoms with E-state index in [0.717, 1.165) is 36.0 Å². The zero-order valence-electron chi connectivity index (χ0n) is 14.0. The molecule has 0 bridgehead atoms. The van der Waals surface area contributed by atoms with Crippen LogP contribution in [0.25, 0.3) is 6.08 Å². The third-order valence-electron chi connectivity index (χ3n) is 3.78. The van der Waals surface area contributed by atoms with Crippen LogP contribution in [-0.4, -0.2) is 13.7 Å². The van der Waals surface area contributed by atoms with Crippen LogP contribution in [0, 0.1) is 11.8 Å². The number of hydrogen-bond acceptors (Lipinski definition) is 2. The summed E-state index contributed by atoms with van der Waals surface area (Å²) in [5, 5.41) is 0. The van der Waals surface area contributed by atoms with Crippen molar-refractivity contribution in [2.24, 2.45) is 11.8 Å². The smallest absolute Gasteiger partial charge is 0.126 e. The lowest BCUT2D eigenvalue weighted by molar-refractivity contribution is 0.275. The van der Waals surface area contributed by atoms with E-state index >= 15 is 0 Å². The summed E-state index contributed by atoms with van der Waals surface area (Å²) in [5.41, 5.74) is 0.988. The van der Waals surface area contributed by atoms with Crippen molar-refractivity contribution in [3.8, 4) is 11.5 Å². The van der Waals surface area contributed by atoms with Crippen molar-refractivity contribution in [3.63, 3.8) is 0 Å². The molecule has 1 rings (SSSR count). The zero-order valence-corrected chi connectivity index (χ0v) is 14.0. The van der Waals surface area contributed by atoms with Crippen molar-refractivity contribution in [3.05, 3.63) is 30.3 Å². The number of benzene rings is 1. The Labute approximate surface area is 130 Å². The van der Waals surface area contributed by atoms with Gasteiger partial charge in [0, 0.05) is 5.56 Å². The van der Waals surface area contributed by atoms with Crippen LogP contribution in [0.4, 0.5) is 0 Å². The molecule has 0 aromatic heterocycles. The van der Waals surface area contributed by atoms with Crippen molar-refractivity contribution < 1.29 is 9.47 Å². The molecule has 0 saturated heterocycles. The van der Waals surface area contributed by atoms with Crippen molar-refractivity contribution >= 4 is 6.08 Å². The minimum atomic E-state index is 0.717. The Bertz CT molecular complexity index is 424. The van der Waals surface area contributed by atoms with E-state index in [1.807, 2.05) is 24.3 Å². The monoisotopic (exact) mass is 290 g/mol. The Morgan fingerprint density at radius 1 is 1.14 bits per heavy atom. The molecular formula is C19H30O2. The summed E-state index contributed by atoms with van der Waals surface area (Å²) < 4.78 is 11.1. The molecule has 0 N–H and O–H groups in total. The lowest BCUT2D eigenvalue weighted by Gasteiger charge is -2.14. The normalized spacial score (nSPS) is 12.2. The lowest BCUT2D eigenvalue weighted by atomic mass is 9.98. The third-order valence-corrected chi connectivity index (χ3v) is 3.78. The molecule has 2 nitrogen and oxygen atoms in total. The van der Waals surface area contributed by atoms with Crippen molar-refractivity contribution in [2.75, 3.05) is 13.7 Å². The average molecular weight is 290 g/mol. The fraction of sp³-hybridized carbons (Fsp3) is 0.579. The predicted octanol–water partition coefficient (Wildman–Crippen LogP) is 5.57. The molecule has 0 amide bonds. The Morgan fingerprint density at radius 2 is 1.90 bits per heavy atom. The van der Waals surface area contributed by atoms with E-state index in [1.54, 1.807) is 7.11 Å². The number of hydrogen-bond donors (Lipinski definition) is 0. The first-order valence-electron chi connectivity index (χ1n) is 8.00.